The summed E-state index contributed by atoms with van der Waals surface area (Å²) < 4.78 is 50.6. The van der Waals surface area contributed by atoms with Crippen LogP contribution >= 0.6 is 22.9 Å². The third-order valence-corrected chi connectivity index (χ3v) is 6.17. The van der Waals surface area contributed by atoms with E-state index >= 15 is 0 Å². The predicted octanol–water partition coefficient (Wildman–Crippen LogP) is 5.29. The molecule has 15 heteroatoms. The van der Waals surface area contributed by atoms with Crippen LogP contribution in [0.15, 0.2) is 36.5 Å². The highest BCUT2D eigenvalue weighted by molar-refractivity contribution is 7.15. The molecule has 0 aliphatic rings. The Morgan fingerprint density at radius 1 is 1.15 bits per heavy atom. The largest absolute Gasteiger partial charge is 0.490 e. The molecular weight excluding hydrogens is 582 g/mol. The number of thiazole rings is 1. The number of ether oxygens (including phenoxy) is 1. The van der Waals surface area contributed by atoms with E-state index in [1.54, 1.807) is 45.2 Å². The van der Waals surface area contributed by atoms with E-state index in [0.717, 1.165) is 5.56 Å². The number of benzene rings is 1. The number of alkyl halides is 3. The van der Waals surface area contributed by atoms with Crippen LogP contribution in [0.3, 0.4) is 0 Å². The molecule has 1 aromatic carbocycles. The molecule has 1 unspecified atom stereocenters. The van der Waals surface area contributed by atoms with Crippen molar-refractivity contribution in [3.05, 3.63) is 69.2 Å². The zero-order valence-corrected chi connectivity index (χ0v) is 22.8. The van der Waals surface area contributed by atoms with Gasteiger partial charge in [-0.25, -0.2) is 19.0 Å². The second-order valence-electron chi connectivity index (χ2n) is 8.41. The summed E-state index contributed by atoms with van der Waals surface area (Å²) in [5, 5.41) is 19.8. The number of hydrogen-bond acceptors (Lipinski definition) is 7. The summed E-state index contributed by atoms with van der Waals surface area (Å²) in [5.74, 6) is -4.69. The van der Waals surface area contributed by atoms with Gasteiger partial charge in [-0.05, 0) is 56.7 Å². The number of aliphatic carboxylic acids is 2. The molecule has 9 nitrogen and oxygen atoms in total. The lowest BCUT2D eigenvalue weighted by atomic mass is 10.1. The first-order valence-corrected chi connectivity index (χ1v) is 12.6. The van der Waals surface area contributed by atoms with Gasteiger partial charge in [0.05, 0.1) is 23.4 Å². The number of hydrogen-bond donors (Lipinski definition) is 3. The summed E-state index contributed by atoms with van der Waals surface area (Å²) in [4.78, 5) is 42.4. The average Bonchev–Trinajstić information content (AvgIpc) is 3.25. The van der Waals surface area contributed by atoms with Crippen LogP contribution in [-0.2, 0) is 27.3 Å². The predicted molar refractivity (Wildman–Crippen MR) is 138 cm³/mol. The zero-order chi connectivity index (χ0) is 30.2. The number of carbonyl (C=O) groups is 3. The van der Waals surface area contributed by atoms with Gasteiger partial charge in [-0.2, -0.15) is 13.2 Å². The molecule has 0 aliphatic heterocycles. The first-order chi connectivity index (χ1) is 18.6. The number of aromatic nitrogens is 2. The van der Waals surface area contributed by atoms with Gasteiger partial charge in [-0.15, -0.1) is 11.3 Å². The number of halogens is 5. The van der Waals surface area contributed by atoms with E-state index in [-0.39, 0.29) is 35.7 Å². The highest BCUT2D eigenvalue weighted by Crippen LogP contribution is 2.30. The van der Waals surface area contributed by atoms with E-state index in [4.69, 9.17) is 26.2 Å². The highest BCUT2D eigenvalue weighted by atomic mass is 35.5. The molecule has 0 saturated carbocycles. The van der Waals surface area contributed by atoms with Crippen molar-refractivity contribution in [1.82, 2.24) is 15.3 Å². The van der Waals surface area contributed by atoms with Crippen molar-refractivity contribution >= 4 is 40.8 Å². The minimum atomic E-state index is -5.08. The standard InChI is InChI=1S/C23H23ClFN3O4S.C2HF3O2/c1-12(2)32-19(23(30)31)9-14-6-7-26-16(8-14)11-27-21(29)20-13(3)33-22(28-20)15-4-5-18(25)17(24)10-15;3-2(4,5)1(6)7/h4-8,10,12,19H,9,11H2,1-3H3,(H,27,29)(H,30,31);(H,6,7). The summed E-state index contributed by atoms with van der Waals surface area (Å²) in [6.45, 7) is 5.48. The maximum Gasteiger partial charge on any atom is 0.490 e. The van der Waals surface area contributed by atoms with Crippen molar-refractivity contribution in [3.8, 4) is 10.6 Å². The number of carbonyl (C=O) groups excluding carboxylic acids is 1. The smallest absolute Gasteiger partial charge is 0.479 e. The van der Waals surface area contributed by atoms with Crippen molar-refractivity contribution < 1.29 is 46.9 Å². The van der Waals surface area contributed by atoms with Gasteiger partial charge in [-0.1, -0.05) is 11.6 Å². The Hall–Kier alpha value is -3.62. The fourth-order valence-electron chi connectivity index (χ4n) is 3.10. The van der Waals surface area contributed by atoms with Gasteiger partial charge in [0.2, 0.25) is 0 Å². The Labute approximate surface area is 234 Å². The Kier molecular flexibility index (Phi) is 11.5. The maximum atomic E-state index is 13.4. The number of rotatable bonds is 9. The topological polar surface area (TPSA) is 139 Å². The number of carboxylic acids is 2. The minimum Gasteiger partial charge on any atom is -0.479 e. The second kappa shape index (κ2) is 14.1. The second-order valence-corrected chi connectivity index (χ2v) is 10.0. The Morgan fingerprint density at radius 2 is 1.80 bits per heavy atom. The summed E-state index contributed by atoms with van der Waals surface area (Å²) >= 11 is 7.16. The molecule has 0 fully saturated rings. The van der Waals surface area contributed by atoms with Crippen LogP contribution in [0.25, 0.3) is 10.6 Å². The number of pyridine rings is 1. The molecule has 3 N–H and O–H groups in total. The molecular formula is C25H24ClF4N3O6S. The molecule has 3 rings (SSSR count). The van der Waals surface area contributed by atoms with E-state index in [0.29, 0.717) is 21.1 Å². The van der Waals surface area contributed by atoms with Crippen molar-refractivity contribution in [2.24, 2.45) is 0 Å². The quantitative estimate of drug-likeness (QED) is 0.280. The third-order valence-electron chi connectivity index (χ3n) is 4.86. The molecule has 0 radical (unpaired) electrons. The molecule has 2 aromatic heterocycles. The van der Waals surface area contributed by atoms with Crippen molar-refractivity contribution in [2.45, 2.75) is 52.1 Å². The van der Waals surface area contributed by atoms with Gasteiger partial charge < -0.3 is 20.3 Å². The fraction of sp³-hybridized carbons (Fsp3) is 0.320. The minimum absolute atomic E-state index is 0.0127. The summed E-state index contributed by atoms with van der Waals surface area (Å²) in [6.07, 6.45) is -4.52. The highest BCUT2D eigenvalue weighted by Gasteiger charge is 2.38. The summed E-state index contributed by atoms with van der Waals surface area (Å²) in [5.41, 5.74) is 2.21. The average molecular weight is 606 g/mol. The zero-order valence-electron chi connectivity index (χ0n) is 21.3. The van der Waals surface area contributed by atoms with Crippen molar-refractivity contribution in [3.63, 3.8) is 0 Å². The van der Waals surface area contributed by atoms with Gasteiger partial charge in [0, 0.05) is 23.1 Å². The number of nitrogens with one attached hydrogen (secondary N) is 1. The van der Waals surface area contributed by atoms with Crippen molar-refractivity contribution in [1.29, 1.82) is 0 Å². The van der Waals surface area contributed by atoms with E-state index in [9.17, 15) is 32.3 Å². The van der Waals surface area contributed by atoms with Crippen LogP contribution in [0, 0.1) is 12.7 Å². The molecule has 40 heavy (non-hydrogen) atoms. The van der Waals surface area contributed by atoms with E-state index in [2.05, 4.69) is 15.3 Å². The lowest BCUT2D eigenvalue weighted by molar-refractivity contribution is -0.192. The fourth-order valence-corrected chi connectivity index (χ4v) is 4.19. The van der Waals surface area contributed by atoms with Gasteiger partial charge >= 0.3 is 18.1 Å². The van der Waals surface area contributed by atoms with E-state index < -0.39 is 30.0 Å². The Morgan fingerprint density at radius 3 is 2.35 bits per heavy atom. The van der Waals surface area contributed by atoms with Gasteiger partial charge in [0.15, 0.2) is 6.10 Å². The molecule has 0 bridgehead atoms. The first kappa shape index (κ1) is 32.6. The summed E-state index contributed by atoms with van der Waals surface area (Å²) in [7, 11) is 0. The molecule has 1 atom stereocenters. The van der Waals surface area contributed by atoms with Crippen LogP contribution < -0.4 is 5.32 Å². The third kappa shape index (κ3) is 9.84. The summed E-state index contributed by atoms with van der Waals surface area (Å²) in [6, 6.07) is 7.74. The molecule has 3 aromatic rings. The van der Waals surface area contributed by atoms with E-state index in [1.165, 1.54) is 23.5 Å². The van der Waals surface area contributed by atoms with Crippen molar-refractivity contribution in [2.75, 3.05) is 0 Å². The number of aryl methyl sites for hydroxylation is 1. The molecule has 0 spiro atoms. The number of amides is 1. The van der Waals surface area contributed by atoms with Crippen LogP contribution in [0.4, 0.5) is 17.6 Å². The molecule has 216 valence electrons. The van der Waals surface area contributed by atoms with Crippen LogP contribution in [0.5, 0.6) is 0 Å². The maximum absolute atomic E-state index is 13.4. The van der Waals surface area contributed by atoms with Crippen LogP contribution in [0.2, 0.25) is 5.02 Å². The molecule has 1 amide bonds. The number of carboxylic acid groups (broad SMARTS) is 2. The van der Waals surface area contributed by atoms with Crippen LogP contribution in [0.1, 0.15) is 40.5 Å². The monoisotopic (exact) mass is 605 g/mol. The van der Waals surface area contributed by atoms with Crippen LogP contribution in [-0.4, -0.2) is 56.4 Å². The SMILES string of the molecule is Cc1sc(-c2ccc(F)c(Cl)c2)nc1C(=O)NCc1cc(CC(OC(C)C)C(=O)O)ccn1.O=C(O)C(F)(F)F. The lowest BCUT2D eigenvalue weighted by Gasteiger charge is -2.16. The van der Waals surface area contributed by atoms with E-state index in [1.807, 2.05) is 0 Å². The van der Waals surface area contributed by atoms with Gasteiger partial charge in [0.25, 0.3) is 5.91 Å². The van der Waals surface area contributed by atoms with Gasteiger partial charge in [0.1, 0.15) is 16.5 Å². The molecule has 0 aliphatic carbocycles. The molecule has 0 saturated heterocycles. The normalized spacial score (nSPS) is 11.9. The lowest BCUT2D eigenvalue weighted by Crippen LogP contribution is -2.29. The molecule has 2 heterocycles. The Bertz CT molecular complexity index is 1370. The van der Waals surface area contributed by atoms with Gasteiger partial charge in [-0.3, -0.25) is 9.78 Å². The Balaban J connectivity index is 0.000000708. The first-order valence-electron chi connectivity index (χ1n) is 11.4. The number of nitrogens with zero attached hydrogens (tertiary/aromatic N) is 2.